The molecule has 0 aliphatic carbocycles. The summed E-state index contributed by atoms with van der Waals surface area (Å²) in [5, 5.41) is 0. The highest BCUT2D eigenvalue weighted by Crippen LogP contribution is 2.08. The highest BCUT2D eigenvalue weighted by Gasteiger charge is 2.01. The lowest BCUT2D eigenvalue weighted by atomic mass is 10.2. The molecule has 0 amide bonds. The van der Waals surface area contributed by atoms with Crippen LogP contribution in [0, 0.1) is 10.5 Å². The summed E-state index contributed by atoms with van der Waals surface area (Å²) >= 11 is 2.18. The molecule has 1 heterocycles. The van der Waals surface area contributed by atoms with Crippen LogP contribution in [0.2, 0.25) is 0 Å². The van der Waals surface area contributed by atoms with Crippen molar-refractivity contribution in [1.29, 1.82) is 0 Å². The molecular weight excluding hydrogens is 313 g/mol. The number of halogens is 1. The zero-order valence-corrected chi connectivity index (χ0v) is 11.1. The summed E-state index contributed by atoms with van der Waals surface area (Å²) in [7, 11) is 0. The molecule has 2 rings (SSSR count). The summed E-state index contributed by atoms with van der Waals surface area (Å²) in [6.45, 7) is 2.65. The number of nitrogens with zero attached hydrogens (tertiary/aromatic N) is 1. The van der Waals surface area contributed by atoms with Crippen LogP contribution in [0.3, 0.4) is 0 Å². The fourth-order valence-electron chi connectivity index (χ4n) is 1.57. The maximum absolute atomic E-state index is 11.8. The maximum Gasteiger partial charge on any atom is 0.251 e. The van der Waals surface area contributed by atoms with Gasteiger partial charge in [-0.1, -0.05) is 30.3 Å². The Morgan fingerprint density at radius 2 is 1.94 bits per heavy atom. The molecule has 0 unspecified atom stereocenters. The smallest absolute Gasteiger partial charge is 0.251 e. The van der Waals surface area contributed by atoms with Crippen molar-refractivity contribution in [2.75, 3.05) is 0 Å². The monoisotopic (exact) mass is 325 g/mol. The van der Waals surface area contributed by atoms with Gasteiger partial charge in [-0.2, -0.15) is 0 Å². The molecule has 82 valence electrons. The van der Waals surface area contributed by atoms with Gasteiger partial charge in [0, 0.05) is 15.8 Å². The van der Waals surface area contributed by atoms with E-state index in [4.69, 9.17) is 0 Å². The van der Waals surface area contributed by atoms with Crippen molar-refractivity contribution in [2.45, 2.75) is 13.5 Å². The number of rotatable bonds is 2. The van der Waals surface area contributed by atoms with Gasteiger partial charge in [0.15, 0.2) is 0 Å². The van der Waals surface area contributed by atoms with Crippen LogP contribution in [0.4, 0.5) is 0 Å². The third-order valence-electron chi connectivity index (χ3n) is 2.46. The lowest BCUT2D eigenvalue weighted by Gasteiger charge is -2.07. The first kappa shape index (κ1) is 11.4. The van der Waals surface area contributed by atoms with Gasteiger partial charge in [0.1, 0.15) is 0 Å². The first-order valence-corrected chi connectivity index (χ1v) is 6.15. The number of aryl methyl sites for hydroxylation is 1. The van der Waals surface area contributed by atoms with Crippen LogP contribution in [0.5, 0.6) is 0 Å². The highest BCUT2D eigenvalue weighted by molar-refractivity contribution is 14.1. The SMILES string of the molecule is Cc1cn(Cc2ccccc2)c(=O)cc1I. The summed E-state index contributed by atoms with van der Waals surface area (Å²) in [4.78, 5) is 11.8. The van der Waals surface area contributed by atoms with Crippen LogP contribution in [-0.2, 0) is 6.54 Å². The lowest BCUT2D eigenvalue weighted by molar-refractivity contribution is 0.752. The first-order valence-electron chi connectivity index (χ1n) is 5.07. The van der Waals surface area contributed by atoms with Gasteiger partial charge in [-0.3, -0.25) is 4.79 Å². The van der Waals surface area contributed by atoms with E-state index in [-0.39, 0.29) is 5.56 Å². The van der Waals surface area contributed by atoms with Gasteiger partial charge in [0.25, 0.3) is 5.56 Å². The number of aromatic nitrogens is 1. The second-order valence-electron chi connectivity index (χ2n) is 3.76. The largest absolute Gasteiger partial charge is 0.311 e. The van der Waals surface area contributed by atoms with Crippen LogP contribution < -0.4 is 5.56 Å². The van der Waals surface area contributed by atoms with Gasteiger partial charge >= 0.3 is 0 Å². The summed E-state index contributed by atoms with van der Waals surface area (Å²) in [6, 6.07) is 11.7. The number of pyridine rings is 1. The highest BCUT2D eigenvalue weighted by atomic mass is 127. The van der Waals surface area contributed by atoms with Gasteiger partial charge in [0.2, 0.25) is 0 Å². The van der Waals surface area contributed by atoms with Gasteiger partial charge in [-0.25, -0.2) is 0 Å². The molecule has 0 N–H and O–H groups in total. The Hall–Kier alpha value is -1.10. The quantitative estimate of drug-likeness (QED) is 0.779. The van der Waals surface area contributed by atoms with E-state index in [1.807, 2.05) is 43.5 Å². The molecule has 0 aliphatic rings. The molecule has 0 aliphatic heterocycles. The number of benzene rings is 1. The van der Waals surface area contributed by atoms with Gasteiger partial charge in [-0.05, 0) is 40.6 Å². The Morgan fingerprint density at radius 3 is 2.62 bits per heavy atom. The molecule has 0 saturated carbocycles. The molecule has 1 aromatic heterocycles. The van der Waals surface area contributed by atoms with Crippen molar-refractivity contribution in [3.05, 3.63) is 67.6 Å². The fraction of sp³-hybridized carbons (Fsp3) is 0.154. The predicted molar refractivity (Wildman–Crippen MR) is 73.7 cm³/mol. The molecule has 16 heavy (non-hydrogen) atoms. The molecule has 0 saturated heterocycles. The summed E-state index contributed by atoms with van der Waals surface area (Å²) in [6.07, 6.45) is 1.91. The van der Waals surface area contributed by atoms with Crippen LogP contribution in [0.25, 0.3) is 0 Å². The average Bonchev–Trinajstić information content (AvgIpc) is 2.27. The van der Waals surface area contributed by atoms with Crippen LogP contribution in [-0.4, -0.2) is 4.57 Å². The maximum atomic E-state index is 11.8. The molecule has 0 bridgehead atoms. The Balaban J connectivity index is 2.36. The van der Waals surface area contributed by atoms with E-state index in [1.165, 1.54) is 0 Å². The van der Waals surface area contributed by atoms with E-state index >= 15 is 0 Å². The molecular formula is C13H12INO. The first-order chi connectivity index (χ1) is 7.66. The van der Waals surface area contributed by atoms with E-state index in [9.17, 15) is 4.79 Å². The van der Waals surface area contributed by atoms with Crippen molar-refractivity contribution in [2.24, 2.45) is 0 Å². The van der Waals surface area contributed by atoms with Crippen molar-refractivity contribution < 1.29 is 0 Å². The van der Waals surface area contributed by atoms with Crippen molar-refractivity contribution in [3.63, 3.8) is 0 Å². The molecule has 0 radical (unpaired) electrons. The lowest BCUT2D eigenvalue weighted by Crippen LogP contribution is -2.20. The van der Waals surface area contributed by atoms with Crippen LogP contribution in [0.15, 0.2) is 47.4 Å². The molecule has 0 fully saturated rings. The van der Waals surface area contributed by atoms with Gasteiger partial charge in [-0.15, -0.1) is 0 Å². The van der Waals surface area contributed by atoms with Crippen LogP contribution in [0.1, 0.15) is 11.1 Å². The van der Waals surface area contributed by atoms with Crippen LogP contribution >= 0.6 is 22.6 Å². The third-order valence-corrected chi connectivity index (χ3v) is 3.62. The number of hydrogen-bond acceptors (Lipinski definition) is 1. The molecule has 1 aromatic carbocycles. The Labute approximate surface area is 108 Å². The topological polar surface area (TPSA) is 22.0 Å². The second kappa shape index (κ2) is 4.82. The summed E-state index contributed by atoms with van der Waals surface area (Å²) in [5.74, 6) is 0. The summed E-state index contributed by atoms with van der Waals surface area (Å²) < 4.78 is 2.76. The minimum atomic E-state index is 0.0545. The molecule has 3 heteroatoms. The Morgan fingerprint density at radius 1 is 1.25 bits per heavy atom. The van der Waals surface area contributed by atoms with E-state index in [0.29, 0.717) is 6.54 Å². The zero-order chi connectivity index (χ0) is 11.5. The third kappa shape index (κ3) is 2.52. The predicted octanol–water partition coefficient (Wildman–Crippen LogP) is 2.81. The van der Waals surface area contributed by atoms with Crippen molar-refractivity contribution in [1.82, 2.24) is 4.57 Å². The van der Waals surface area contributed by atoms with Crippen molar-refractivity contribution in [3.8, 4) is 0 Å². The Bertz CT molecular complexity index is 546. The molecule has 0 spiro atoms. The molecule has 2 aromatic rings. The van der Waals surface area contributed by atoms with E-state index in [0.717, 1.165) is 14.7 Å². The van der Waals surface area contributed by atoms with Crippen molar-refractivity contribution >= 4 is 22.6 Å². The second-order valence-corrected chi connectivity index (χ2v) is 4.92. The zero-order valence-electron chi connectivity index (χ0n) is 8.98. The van der Waals surface area contributed by atoms with Gasteiger partial charge in [0.05, 0.1) is 6.54 Å². The summed E-state index contributed by atoms with van der Waals surface area (Å²) in [5.41, 5.74) is 2.33. The minimum absolute atomic E-state index is 0.0545. The normalized spacial score (nSPS) is 10.4. The van der Waals surface area contributed by atoms with E-state index in [2.05, 4.69) is 22.6 Å². The molecule has 0 atom stereocenters. The standard InChI is InChI=1S/C13H12INO/c1-10-8-15(13(16)7-12(10)14)9-11-5-3-2-4-6-11/h2-8H,9H2,1H3. The fourth-order valence-corrected chi connectivity index (χ4v) is 1.97. The Kier molecular flexibility index (Phi) is 3.43. The average molecular weight is 325 g/mol. The van der Waals surface area contributed by atoms with Gasteiger partial charge < -0.3 is 4.57 Å². The van der Waals surface area contributed by atoms with E-state index in [1.54, 1.807) is 10.6 Å². The van der Waals surface area contributed by atoms with E-state index < -0.39 is 0 Å². The molecule has 2 nitrogen and oxygen atoms in total. The minimum Gasteiger partial charge on any atom is -0.311 e. The number of hydrogen-bond donors (Lipinski definition) is 0.